The second-order valence-corrected chi connectivity index (χ2v) is 6.60. The van der Waals surface area contributed by atoms with Gasteiger partial charge in [0.1, 0.15) is 0 Å². The zero-order chi connectivity index (χ0) is 16.4. The predicted octanol–water partition coefficient (Wildman–Crippen LogP) is 4.10. The number of carbonyl (C=O) groups excluding carboxylic acids is 2. The number of carbonyl (C=O) groups is 2. The van der Waals surface area contributed by atoms with Crippen molar-refractivity contribution in [3.63, 3.8) is 0 Å². The Morgan fingerprint density at radius 3 is 2.52 bits per heavy atom. The normalized spacial score (nSPS) is 10.5. The molecule has 1 heterocycles. The number of ether oxygens (including phenoxy) is 1. The summed E-state index contributed by atoms with van der Waals surface area (Å²) in [7, 11) is 1.31. The molecule has 0 aliphatic carbocycles. The van der Waals surface area contributed by atoms with Crippen LogP contribution in [0.4, 0.5) is 5.13 Å². The van der Waals surface area contributed by atoms with E-state index in [1.54, 1.807) is 24.3 Å². The van der Waals surface area contributed by atoms with Gasteiger partial charge in [-0.1, -0.05) is 27.3 Å². The number of thiazole rings is 1. The zero-order valence-electron chi connectivity index (χ0n) is 12.0. The molecule has 0 unspecified atom stereocenters. The lowest BCUT2D eigenvalue weighted by atomic mass is 10.1. The topological polar surface area (TPSA) is 68.3 Å². The molecule has 1 aromatic heterocycles. The van der Waals surface area contributed by atoms with Crippen LogP contribution in [0.2, 0.25) is 0 Å². The molecular weight excluding hydrogens is 380 g/mol. The number of esters is 1. The first-order valence-electron chi connectivity index (χ1n) is 6.62. The van der Waals surface area contributed by atoms with E-state index in [0.29, 0.717) is 16.3 Å². The van der Waals surface area contributed by atoms with E-state index in [4.69, 9.17) is 0 Å². The van der Waals surface area contributed by atoms with Crippen LogP contribution < -0.4 is 5.32 Å². The monoisotopic (exact) mass is 390 g/mol. The van der Waals surface area contributed by atoms with Crippen molar-refractivity contribution < 1.29 is 14.3 Å². The Balaban J connectivity index is 1.78. The number of hydrogen-bond acceptors (Lipinski definition) is 5. The van der Waals surface area contributed by atoms with Crippen molar-refractivity contribution in [3.05, 3.63) is 58.1 Å². The van der Waals surface area contributed by atoms with Crippen molar-refractivity contribution in [2.75, 3.05) is 12.4 Å². The van der Waals surface area contributed by atoms with E-state index in [2.05, 4.69) is 31.0 Å². The zero-order valence-corrected chi connectivity index (χ0v) is 14.4. The van der Waals surface area contributed by atoms with Crippen LogP contribution in [0.5, 0.6) is 0 Å². The van der Waals surface area contributed by atoms with Crippen molar-refractivity contribution in [1.82, 2.24) is 4.98 Å². The Kier molecular flexibility index (Phi) is 4.40. The number of hydrogen-bond donors (Lipinski definition) is 1. The molecule has 0 atom stereocenters. The number of nitrogens with zero attached hydrogens (tertiary/aromatic N) is 1. The van der Waals surface area contributed by atoms with E-state index in [0.717, 1.165) is 14.7 Å². The summed E-state index contributed by atoms with van der Waals surface area (Å²) >= 11 is 4.81. The van der Waals surface area contributed by atoms with Gasteiger partial charge in [-0.3, -0.25) is 10.1 Å². The quantitative estimate of drug-likeness (QED) is 0.683. The van der Waals surface area contributed by atoms with Crippen molar-refractivity contribution in [3.8, 4) is 0 Å². The van der Waals surface area contributed by atoms with Gasteiger partial charge in [0.15, 0.2) is 5.13 Å². The van der Waals surface area contributed by atoms with E-state index >= 15 is 0 Å². The fourth-order valence-corrected chi connectivity index (χ4v) is 3.41. The van der Waals surface area contributed by atoms with E-state index in [1.807, 2.05) is 18.2 Å². The largest absolute Gasteiger partial charge is 0.465 e. The van der Waals surface area contributed by atoms with Gasteiger partial charge in [0, 0.05) is 10.0 Å². The van der Waals surface area contributed by atoms with Gasteiger partial charge in [-0.15, -0.1) is 0 Å². The van der Waals surface area contributed by atoms with Crippen LogP contribution in [0.25, 0.3) is 10.2 Å². The average molecular weight is 391 g/mol. The van der Waals surface area contributed by atoms with E-state index in [9.17, 15) is 9.59 Å². The van der Waals surface area contributed by atoms with Gasteiger partial charge < -0.3 is 4.74 Å². The third-order valence-electron chi connectivity index (χ3n) is 3.14. The van der Waals surface area contributed by atoms with Crippen LogP contribution in [0, 0.1) is 0 Å². The predicted molar refractivity (Wildman–Crippen MR) is 93.1 cm³/mol. The van der Waals surface area contributed by atoms with Gasteiger partial charge in [-0.25, -0.2) is 9.78 Å². The van der Waals surface area contributed by atoms with Gasteiger partial charge in [0.2, 0.25) is 0 Å². The first-order valence-corrected chi connectivity index (χ1v) is 8.23. The second-order valence-electron chi connectivity index (χ2n) is 4.65. The molecule has 0 fully saturated rings. The summed E-state index contributed by atoms with van der Waals surface area (Å²) in [5.41, 5.74) is 1.67. The van der Waals surface area contributed by atoms with E-state index < -0.39 is 5.97 Å². The number of methoxy groups -OCH3 is 1. The summed E-state index contributed by atoms with van der Waals surface area (Å²) in [4.78, 5) is 28.0. The number of fused-ring (bicyclic) bond motifs is 1. The molecular formula is C16H11BrN2O3S. The van der Waals surface area contributed by atoms with Crippen LogP contribution in [0.3, 0.4) is 0 Å². The molecule has 0 bridgehead atoms. The number of benzene rings is 2. The van der Waals surface area contributed by atoms with Gasteiger partial charge in [0.05, 0.1) is 22.9 Å². The molecule has 0 spiro atoms. The van der Waals surface area contributed by atoms with Gasteiger partial charge in [-0.2, -0.15) is 0 Å². The molecule has 0 saturated carbocycles. The van der Waals surface area contributed by atoms with Crippen molar-refractivity contribution in [2.24, 2.45) is 0 Å². The molecule has 3 rings (SSSR count). The highest BCUT2D eigenvalue weighted by Gasteiger charge is 2.11. The van der Waals surface area contributed by atoms with Crippen molar-refractivity contribution >= 4 is 54.5 Å². The molecule has 0 aliphatic heterocycles. The maximum Gasteiger partial charge on any atom is 0.337 e. The molecule has 1 amide bonds. The molecule has 0 saturated heterocycles. The second kappa shape index (κ2) is 6.47. The van der Waals surface area contributed by atoms with Crippen LogP contribution in [0.15, 0.2) is 46.9 Å². The lowest BCUT2D eigenvalue weighted by Crippen LogP contribution is -2.12. The lowest BCUT2D eigenvalue weighted by molar-refractivity contribution is 0.0600. The lowest BCUT2D eigenvalue weighted by Gasteiger charge is -2.03. The van der Waals surface area contributed by atoms with Gasteiger partial charge in [0.25, 0.3) is 5.91 Å². The van der Waals surface area contributed by atoms with Crippen LogP contribution in [0.1, 0.15) is 20.7 Å². The number of halogens is 1. The standard InChI is InChI=1S/C16H11BrN2O3S/c1-22-15(21)10-4-2-9(3-5-10)14(20)19-16-18-12-7-6-11(17)8-13(12)23-16/h2-8H,1H3,(H,18,19,20). The van der Waals surface area contributed by atoms with Gasteiger partial charge in [-0.05, 0) is 42.5 Å². The summed E-state index contributed by atoms with van der Waals surface area (Å²) in [5, 5.41) is 3.29. The Labute approximate surface area is 144 Å². The minimum absolute atomic E-state index is 0.278. The molecule has 3 aromatic rings. The molecule has 0 aliphatic rings. The fraction of sp³-hybridized carbons (Fsp3) is 0.0625. The maximum atomic E-state index is 12.2. The molecule has 1 N–H and O–H groups in total. The smallest absolute Gasteiger partial charge is 0.337 e. The number of amides is 1. The maximum absolute atomic E-state index is 12.2. The minimum Gasteiger partial charge on any atom is -0.465 e. The summed E-state index contributed by atoms with van der Waals surface area (Å²) < 4.78 is 6.57. The summed E-state index contributed by atoms with van der Waals surface area (Å²) in [5.74, 6) is -0.715. The third kappa shape index (κ3) is 3.40. The Morgan fingerprint density at radius 1 is 1.13 bits per heavy atom. The molecule has 116 valence electrons. The van der Waals surface area contributed by atoms with Crippen LogP contribution >= 0.6 is 27.3 Å². The Hall–Kier alpha value is -2.25. The number of anilines is 1. The molecule has 0 radical (unpaired) electrons. The molecule has 5 nitrogen and oxygen atoms in total. The first kappa shape index (κ1) is 15.6. The van der Waals surface area contributed by atoms with E-state index in [-0.39, 0.29) is 5.91 Å². The summed E-state index contributed by atoms with van der Waals surface area (Å²) in [6.45, 7) is 0. The highest BCUT2D eigenvalue weighted by atomic mass is 79.9. The van der Waals surface area contributed by atoms with Crippen LogP contribution in [-0.2, 0) is 4.74 Å². The fourth-order valence-electron chi connectivity index (χ4n) is 2.00. The summed E-state index contributed by atoms with van der Waals surface area (Å²) in [6, 6.07) is 12.0. The summed E-state index contributed by atoms with van der Waals surface area (Å²) in [6.07, 6.45) is 0. The Morgan fingerprint density at radius 2 is 1.83 bits per heavy atom. The van der Waals surface area contributed by atoms with Crippen molar-refractivity contribution in [2.45, 2.75) is 0 Å². The molecule has 23 heavy (non-hydrogen) atoms. The highest BCUT2D eigenvalue weighted by molar-refractivity contribution is 9.10. The first-order chi connectivity index (χ1) is 11.1. The van der Waals surface area contributed by atoms with E-state index in [1.165, 1.54) is 18.4 Å². The minimum atomic E-state index is -0.436. The number of nitrogens with one attached hydrogen (secondary N) is 1. The number of rotatable bonds is 3. The average Bonchev–Trinajstić information content (AvgIpc) is 2.95. The highest BCUT2D eigenvalue weighted by Crippen LogP contribution is 2.28. The SMILES string of the molecule is COC(=O)c1ccc(C(=O)Nc2nc3ccc(Br)cc3s2)cc1. The van der Waals surface area contributed by atoms with Crippen molar-refractivity contribution in [1.29, 1.82) is 0 Å². The third-order valence-corrected chi connectivity index (χ3v) is 4.57. The molecule has 7 heteroatoms. The number of aromatic nitrogens is 1. The van der Waals surface area contributed by atoms with Crippen LogP contribution in [-0.4, -0.2) is 24.0 Å². The van der Waals surface area contributed by atoms with Gasteiger partial charge >= 0.3 is 5.97 Å². The Bertz CT molecular complexity index is 890. The molecule has 2 aromatic carbocycles.